The molecule has 1 heterocycles. The first kappa shape index (κ1) is 15.0. The van der Waals surface area contributed by atoms with Crippen molar-refractivity contribution < 1.29 is 14.7 Å². The molecule has 1 saturated carbocycles. The summed E-state index contributed by atoms with van der Waals surface area (Å²) in [7, 11) is 0. The van der Waals surface area contributed by atoms with Gasteiger partial charge < -0.3 is 10.4 Å². The molecular weight excluding hydrogens is 276 g/mol. The average Bonchev–Trinajstić information content (AvgIpc) is 2.78. The maximum Gasteiger partial charge on any atom is 0.307 e. The molecule has 1 aromatic rings. The number of anilines is 1. The van der Waals surface area contributed by atoms with Crippen molar-refractivity contribution in [3.8, 4) is 0 Å². The van der Waals surface area contributed by atoms with Crippen LogP contribution in [0.25, 0.3) is 0 Å². The highest BCUT2D eigenvalue weighted by atomic mass is 32.1. The molecule has 6 heteroatoms. The van der Waals surface area contributed by atoms with E-state index in [2.05, 4.69) is 10.3 Å². The second-order valence-electron chi connectivity index (χ2n) is 5.20. The summed E-state index contributed by atoms with van der Waals surface area (Å²) in [6, 6.07) is 0. The summed E-state index contributed by atoms with van der Waals surface area (Å²) in [6.45, 7) is 4.00. The topological polar surface area (TPSA) is 79.3 Å². The van der Waals surface area contributed by atoms with E-state index in [1.54, 1.807) is 0 Å². The van der Waals surface area contributed by atoms with Gasteiger partial charge in [0.1, 0.15) is 0 Å². The van der Waals surface area contributed by atoms with E-state index in [-0.39, 0.29) is 5.91 Å². The van der Waals surface area contributed by atoms with Crippen molar-refractivity contribution in [2.24, 2.45) is 11.8 Å². The van der Waals surface area contributed by atoms with Gasteiger partial charge in [0, 0.05) is 4.88 Å². The normalized spacial score (nSPS) is 22.5. The molecule has 1 aliphatic rings. The van der Waals surface area contributed by atoms with Gasteiger partial charge in [-0.25, -0.2) is 4.98 Å². The highest BCUT2D eigenvalue weighted by Gasteiger charge is 2.36. The fourth-order valence-corrected chi connectivity index (χ4v) is 3.65. The third-order valence-electron chi connectivity index (χ3n) is 3.88. The molecule has 0 aliphatic heterocycles. The number of carboxylic acid groups (broad SMARTS) is 1. The zero-order valence-corrected chi connectivity index (χ0v) is 12.6. The Morgan fingerprint density at radius 3 is 2.55 bits per heavy atom. The molecule has 1 fully saturated rings. The number of aryl methyl sites for hydroxylation is 2. The van der Waals surface area contributed by atoms with Gasteiger partial charge in [-0.2, -0.15) is 0 Å². The molecule has 0 radical (unpaired) electrons. The van der Waals surface area contributed by atoms with Crippen molar-refractivity contribution in [2.75, 3.05) is 5.32 Å². The van der Waals surface area contributed by atoms with E-state index in [1.165, 1.54) is 11.3 Å². The second kappa shape index (κ2) is 6.35. The lowest BCUT2D eigenvalue weighted by Gasteiger charge is -2.26. The van der Waals surface area contributed by atoms with Gasteiger partial charge in [-0.3, -0.25) is 9.59 Å². The van der Waals surface area contributed by atoms with Crippen molar-refractivity contribution in [1.82, 2.24) is 4.98 Å². The average molecular weight is 296 g/mol. The largest absolute Gasteiger partial charge is 0.481 e. The third-order valence-corrected chi connectivity index (χ3v) is 4.81. The number of aliphatic carboxylic acids is 1. The zero-order valence-electron chi connectivity index (χ0n) is 11.8. The Balaban J connectivity index is 2.07. The quantitative estimate of drug-likeness (QED) is 0.895. The Hall–Kier alpha value is -1.43. The minimum Gasteiger partial charge on any atom is -0.481 e. The Morgan fingerprint density at radius 2 is 2.00 bits per heavy atom. The number of hydrogen-bond acceptors (Lipinski definition) is 4. The van der Waals surface area contributed by atoms with Gasteiger partial charge >= 0.3 is 5.97 Å². The molecular formula is C14H20N2O3S. The highest BCUT2D eigenvalue weighted by Crippen LogP contribution is 2.32. The zero-order chi connectivity index (χ0) is 14.7. The molecule has 2 N–H and O–H groups in total. The monoisotopic (exact) mass is 296 g/mol. The molecule has 0 saturated heterocycles. The molecule has 110 valence electrons. The van der Waals surface area contributed by atoms with E-state index < -0.39 is 17.8 Å². The lowest BCUT2D eigenvalue weighted by Crippen LogP contribution is -2.36. The van der Waals surface area contributed by atoms with E-state index in [1.807, 2.05) is 13.8 Å². The van der Waals surface area contributed by atoms with Crippen LogP contribution in [0.5, 0.6) is 0 Å². The van der Waals surface area contributed by atoms with Crippen molar-refractivity contribution in [3.05, 3.63) is 10.6 Å². The summed E-state index contributed by atoms with van der Waals surface area (Å²) >= 11 is 1.45. The van der Waals surface area contributed by atoms with Crippen LogP contribution in [0, 0.1) is 18.8 Å². The summed E-state index contributed by atoms with van der Waals surface area (Å²) in [5, 5.41) is 12.6. The van der Waals surface area contributed by atoms with Gasteiger partial charge in [-0.05, 0) is 26.2 Å². The van der Waals surface area contributed by atoms with Crippen molar-refractivity contribution in [2.45, 2.75) is 46.0 Å². The smallest absolute Gasteiger partial charge is 0.307 e. The number of nitrogens with zero attached hydrogens (tertiary/aromatic N) is 1. The number of aromatic nitrogens is 1. The highest BCUT2D eigenvalue weighted by molar-refractivity contribution is 7.15. The first-order valence-electron chi connectivity index (χ1n) is 7.03. The van der Waals surface area contributed by atoms with Gasteiger partial charge in [-0.1, -0.05) is 19.8 Å². The van der Waals surface area contributed by atoms with Gasteiger partial charge in [0.25, 0.3) is 0 Å². The van der Waals surface area contributed by atoms with Gasteiger partial charge in [-0.15, -0.1) is 11.3 Å². The Morgan fingerprint density at radius 1 is 1.35 bits per heavy atom. The van der Waals surface area contributed by atoms with Crippen LogP contribution >= 0.6 is 11.3 Å². The molecule has 1 aromatic heterocycles. The van der Waals surface area contributed by atoms with Crippen molar-refractivity contribution >= 4 is 28.3 Å². The SMILES string of the molecule is CCc1nc(NC(=O)[C@@H]2CCCC[C@@H]2C(=O)O)sc1C. The number of nitrogens with one attached hydrogen (secondary N) is 1. The number of carbonyl (C=O) groups is 2. The second-order valence-corrected chi connectivity index (χ2v) is 6.40. The van der Waals surface area contributed by atoms with E-state index in [0.29, 0.717) is 18.0 Å². The first-order valence-corrected chi connectivity index (χ1v) is 7.84. The Kier molecular flexibility index (Phi) is 4.75. The number of thiazole rings is 1. The maximum absolute atomic E-state index is 12.3. The molecule has 0 aromatic carbocycles. The fourth-order valence-electron chi connectivity index (χ4n) is 2.75. The minimum absolute atomic E-state index is 0.200. The molecule has 2 atom stereocenters. The Bertz CT molecular complexity index is 513. The standard InChI is InChI=1S/C14H20N2O3S/c1-3-11-8(2)20-14(15-11)16-12(17)9-6-4-5-7-10(9)13(18)19/h9-10H,3-7H2,1-2H3,(H,18,19)(H,15,16,17)/t9-,10+/m1/s1. The lowest BCUT2D eigenvalue weighted by atomic mass is 9.79. The molecule has 1 aliphatic carbocycles. The molecule has 20 heavy (non-hydrogen) atoms. The van der Waals surface area contributed by atoms with Crippen LogP contribution in [0.15, 0.2) is 0 Å². The number of carbonyl (C=O) groups excluding carboxylic acids is 1. The van der Waals surface area contributed by atoms with Crippen LogP contribution in [-0.4, -0.2) is 22.0 Å². The molecule has 1 amide bonds. The molecule has 0 spiro atoms. The van der Waals surface area contributed by atoms with Gasteiger partial charge in [0.05, 0.1) is 17.5 Å². The van der Waals surface area contributed by atoms with Crippen LogP contribution in [0.1, 0.15) is 43.2 Å². The summed E-state index contributed by atoms with van der Waals surface area (Å²) in [4.78, 5) is 29.0. The first-order chi connectivity index (χ1) is 9.52. The van der Waals surface area contributed by atoms with Gasteiger partial charge in [0.15, 0.2) is 5.13 Å². The molecule has 0 bridgehead atoms. The van der Waals surface area contributed by atoms with Gasteiger partial charge in [0.2, 0.25) is 5.91 Å². The van der Waals surface area contributed by atoms with Crippen molar-refractivity contribution in [3.63, 3.8) is 0 Å². The maximum atomic E-state index is 12.3. The predicted octanol–water partition coefficient (Wildman–Crippen LogP) is 2.84. The van der Waals surface area contributed by atoms with E-state index >= 15 is 0 Å². The summed E-state index contributed by atoms with van der Waals surface area (Å²) in [6.07, 6.45) is 3.87. The summed E-state index contributed by atoms with van der Waals surface area (Å²) < 4.78 is 0. The molecule has 5 nitrogen and oxygen atoms in total. The lowest BCUT2D eigenvalue weighted by molar-refractivity contribution is -0.147. The number of rotatable bonds is 4. The predicted molar refractivity (Wildman–Crippen MR) is 77.9 cm³/mol. The van der Waals surface area contributed by atoms with Crippen molar-refractivity contribution in [1.29, 1.82) is 0 Å². The fraction of sp³-hybridized carbons (Fsp3) is 0.643. The minimum atomic E-state index is -0.866. The number of carboxylic acids is 1. The van der Waals surface area contributed by atoms with E-state index in [4.69, 9.17) is 0 Å². The van der Waals surface area contributed by atoms with Crippen LogP contribution in [0.2, 0.25) is 0 Å². The third kappa shape index (κ3) is 3.17. The summed E-state index contributed by atoms with van der Waals surface area (Å²) in [5.74, 6) is -2.06. The van der Waals surface area contributed by atoms with Crippen LogP contribution in [0.3, 0.4) is 0 Å². The van der Waals surface area contributed by atoms with E-state index in [9.17, 15) is 14.7 Å². The summed E-state index contributed by atoms with van der Waals surface area (Å²) in [5.41, 5.74) is 0.990. The number of hydrogen-bond donors (Lipinski definition) is 2. The van der Waals surface area contributed by atoms with E-state index in [0.717, 1.165) is 29.8 Å². The van der Waals surface area contributed by atoms with Crippen LogP contribution in [-0.2, 0) is 16.0 Å². The van der Waals surface area contributed by atoms with Crippen LogP contribution in [0.4, 0.5) is 5.13 Å². The molecule has 2 rings (SSSR count). The number of amides is 1. The Labute approximate surface area is 122 Å². The van der Waals surface area contributed by atoms with Crippen LogP contribution < -0.4 is 5.32 Å². The molecule has 0 unspecified atom stereocenters.